The predicted molar refractivity (Wildman–Crippen MR) is 282 cm³/mol. The monoisotopic (exact) mass is 872 g/mol. The zero-order chi connectivity index (χ0) is 44.1. The van der Waals surface area contributed by atoms with Crippen LogP contribution in [0.2, 0.25) is 0 Å². The van der Waals surface area contributed by atoms with Gasteiger partial charge in [0.05, 0.1) is 22.1 Å². The molecule has 3 heterocycles. The summed E-state index contributed by atoms with van der Waals surface area (Å²) in [5.41, 5.74) is 10.5. The van der Waals surface area contributed by atoms with Crippen LogP contribution in [0.5, 0.6) is 11.5 Å². The van der Waals surface area contributed by atoms with Crippen molar-refractivity contribution in [1.82, 2.24) is 4.57 Å². The fourth-order valence-corrected chi connectivity index (χ4v) is 12.4. The van der Waals surface area contributed by atoms with Gasteiger partial charge in [-0.2, -0.15) is 0 Å². The number of para-hydroxylation sites is 2. The van der Waals surface area contributed by atoms with Gasteiger partial charge < -0.3 is 14.2 Å². The van der Waals surface area contributed by atoms with Gasteiger partial charge in [0.1, 0.15) is 11.5 Å². The maximum atomic E-state index is 7.00. The zero-order valence-electron chi connectivity index (χ0n) is 36.3. The van der Waals surface area contributed by atoms with Crippen LogP contribution in [0.15, 0.2) is 243 Å². The minimum Gasteiger partial charge on any atom is -0.457 e. The molecule has 1 aliphatic rings. The maximum Gasteiger partial charge on any atom is 0.132 e. The van der Waals surface area contributed by atoms with Crippen LogP contribution in [-0.2, 0) is 5.41 Å². The van der Waals surface area contributed by atoms with E-state index in [1.54, 1.807) is 0 Å². The van der Waals surface area contributed by atoms with E-state index in [0.29, 0.717) is 0 Å². The van der Waals surface area contributed by atoms with Crippen molar-refractivity contribution in [2.75, 3.05) is 4.90 Å². The molecule has 1 unspecified atom stereocenters. The van der Waals surface area contributed by atoms with Crippen molar-refractivity contribution in [1.29, 1.82) is 0 Å². The van der Waals surface area contributed by atoms with Gasteiger partial charge in [0, 0.05) is 64.5 Å². The largest absolute Gasteiger partial charge is 0.457 e. The standard InChI is InChI=1S/C63H40N2OS/c1-2-20-43(21-3-1)63(53-27-14-18-41-16-4-6-22-47(41)53)54-26-10-12-30-59(54)66-60-37-34-44(38-55(60)63)64(46-33-36-52-51-25-9-13-31-61(51)67-62(52)40-46)45-32-35-50-49-24-8-11-28-57(49)65(58(50)39-45)56-29-15-19-42-17-5-7-23-48(42)56/h1-40H. The second-order valence-electron chi connectivity index (χ2n) is 17.6. The molecule has 1 atom stereocenters. The van der Waals surface area contributed by atoms with Crippen molar-refractivity contribution in [3.05, 3.63) is 265 Å². The summed E-state index contributed by atoms with van der Waals surface area (Å²) in [6.45, 7) is 0. The molecule has 0 saturated heterocycles. The molecule has 0 aliphatic carbocycles. The fraction of sp³-hybridized carbons (Fsp3) is 0.0159. The van der Waals surface area contributed by atoms with E-state index in [2.05, 4.69) is 252 Å². The number of aromatic nitrogens is 1. The molecule has 0 bridgehead atoms. The zero-order valence-corrected chi connectivity index (χ0v) is 37.1. The van der Waals surface area contributed by atoms with Crippen molar-refractivity contribution in [2.45, 2.75) is 5.41 Å². The van der Waals surface area contributed by atoms with E-state index in [4.69, 9.17) is 4.74 Å². The van der Waals surface area contributed by atoms with E-state index in [0.717, 1.165) is 50.9 Å². The summed E-state index contributed by atoms with van der Waals surface area (Å²) in [4.78, 5) is 2.45. The number of fused-ring (bicyclic) bond motifs is 10. The molecule has 14 rings (SSSR count). The molecule has 0 saturated carbocycles. The smallest absolute Gasteiger partial charge is 0.132 e. The van der Waals surface area contributed by atoms with Crippen LogP contribution in [0.25, 0.3) is 69.2 Å². The van der Waals surface area contributed by atoms with Crippen LogP contribution >= 0.6 is 11.3 Å². The van der Waals surface area contributed by atoms with E-state index in [-0.39, 0.29) is 0 Å². The van der Waals surface area contributed by atoms with Crippen molar-refractivity contribution < 1.29 is 4.74 Å². The fourth-order valence-electron chi connectivity index (χ4n) is 11.2. The minimum atomic E-state index is -0.728. The molecule has 67 heavy (non-hydrogen) atoms. The molecule has 0 fully saturated rings. The highest BCUT2D eigenvalue weighted by molar-refractivity contribution is 7.25. The molecular weight excluding hydrogens is 833 g/mol. The van der Waals surface area contributed by atoms with Gasteiger partial charge >= 0.3 is 0 Å². The van der Waals surface area contributed by atoms with Gasteiger partial charge in [-0.15, -0.1) is 11.3 Å². The SMILES string of the molecule is c1ccc(C2(c3cccc4ccccc34)c3ccccc3Oc3ccc(N(c4ccc5c(c4)sc4ccccc45)c4ccc5c6ccccc6n(-c6cccc7ccccc67)c5c4)cc32)cc1. The summed E-state index contributed by atoms with van der Waals surface area (Å²) in [5.74, 6) is 1.70. The molecule has 0 radical (unpaired) electrons. The van der Waals surface area contributed by atoms with E-state index >= 15 is 0 Å². The lowest BCUT2D eigenvalue weighted by molar-refractivity contribution is 0.435. The lowest BCUT2D eigenvalue weighted by atomic mass is 9.62. The third kappa shape index (κ3) is 5.64. The molecule has 0 amide bonds. The molecule has 4 heteroatoms. The second kappa shape index (κ2) is 14.8. The molecule has 0 N–H and O–H groups in total. The summed E-state index contributed by atoms with van der Waals surface area (Å²) < 4.78 is 12.0. The van der Waals surface area contributed by atoms with E-state index in [1.165, 1.54) is 69.1 Å². The average Bonchev–Trinajstić information content (AvgIpc) is 3.93. The van der Waals surface area contributed by atoms with Crippen molar-refractivity contribution in [3.63, 3.8) is 0 Å². The quantitative estimate of drug-likeness (QED) is 0.166. The van der Waals surface area contributed by atoms with Gasteiger partial charge in [0.2, 0.25) is 0 Å². The van der Waals surface area contributed by atoms with Gasteiger partial charge in [-0.1, -0.05) is 176 Å². The molecule has 3 nitrogen and oxygen atoms in total. The Kier molecular flexibility index (Phi) is 8.37. The Morgan fingerprint density at radius 2 is 0.925 bits per heavy atom. The second-order valence-corrected chi connectivity index (χ2v) is 18.7. The summed E-state index contributed by atoms with van der Waals surface area (Å²) in [7, 11) is 0. The summed E-state index contributed by atoms with van der Waals surface area (Å²) in [6.07, 6.45) is 0. The Labute approximate surface area is 391 Å². The molecule has 2 aromatic heterocycles. The highest BCUT2D eigenvalue weighted by atomic mass is 32.1. The van der Waals surface area contributed by atoms with Crippen LogP contribution in [0, 0.1) is 0 Å². The summed E-state index contributed by atoms with van der Waals surface area (Å²) in [6, 6.07) is 88.9. The number of rotatable bonds is 6. The highest BCUT2D eigenvalue weighted by Gasteiger charge is 2.46. The Morgan fingerprint density at radius 1 is 0.358 bits per heavy atom. The number of anilines is 3. The van der Waals surface area contributed by atoms with Crippen LogP contribution in [-0.4, -0.2) is 4.57 Å². The van der Waals surface area contributed by atoms with E-state index in [1.807, 2.05) is 11.3 Å². The lowest BCUT2D eigenvalue weighted by Crippen LogP contribution is -2.34. The van der Waals surface area contributed by atoms with Crippen LogP contribution in [0.1, 0.15) is 22.3 Å². The molecule has 0 spiro atoms. The average molecular weight is 873 g/mol. The lowest BCUT2D eigenvalue weighted by Gasteiger charge is -2.42. The summed E-state index contributed by atoms with van der Waals surface area (Å²) >= 11 is 1.85. The molecule has 314 valence electrons. The Morgan fingerprint density at radius 3 is 1.79 bits per heavy atom. The van der Waals surface area contributed by atoms with Crippen LogP contribution in [0.3, 0.4) is 0 Å². The Bertz CT molecular complexity index is 4100. The molecule has 1 aliphatic heterocycles. The van der Waals surface area contributed by atoms with Gasteiger partial charge in [-0.3, -0.25) is 0 Å². The van der Waals surface area contributed by atoms with Crippen molar-refractivity contribution >= 4 is 91.9 Å². The maximum absolute atomic E-state index is 7.00. The van der Waals surface area contributed by atoms with Gasteiger partial charge in [-0.25, -0.2) is 0 Å². The highest BCUT2D eigenvalue weighted by Crippen LogP contribution is 2.58. The van der Waals surface area contributed by atoms with Gasteiger partial charge in [-0.05, 0) is 94.0 Å². The van der Waals surface area contributed by atoms with E-state index < -0.39 is 5.41 Å². The first-order chi connectivity index (χ1) is 33.2. The van der Waals surface area contributed by atoms with Crippen LogP contribution < -0.4 is 9.64 Å². The minimum absolute atomic E-state index is 0.728. The number of benzene rings is 11. The normalized spacial score (nSPS) is 14.4. The number of hydrogen-bond acceptors (Lipinski definition) is 3. The number of nitrogens with zero attached hydrogens (tertiary/aromatic N) is 2. The topological polar surface area (TPSA) is 17.4 Å². The predicted octanol–water partition coefficient (Wildman–Crippen LogP) is 17.4. The van der Waals surface area contributed by atoms with Gasteiger partial charge in [0.15, 0.2) is 0 Å². The third-order valence-electron chi connectivity index (χ3n) is 14.1. The first-order valence-corrected chi connectivity index (χ1v) is 23.7. The number of thiophene rings is 1. The first kappa shape index (κ1) is 37.9. The molecule has 13 aromatic rings. The summed E-state index contributed by atoms with van der Waals surface area (Å²) in [5, 5.41) is 9.83. The third-order valence-corrected chi connectivity index (χ3v) is 15.2. The first-order valence-electron chi connectivity index (χ1n) is 22.9. The number of hydrogen-bond donors (Lipinski definition) is 0. The van der Waals surface area contributed by atoms with Gasteiger partial charge in [0.25, 0.3) is 0 Å². The number of ether oxygens (including phenoxy) is 1. The molecule has 11 aromatic carbocycles. The molecular formula is C63H40N2OS. The Balaban J connectivity index is 1.07. The van der Waals surface area contributed by atoms with Crippen molar-refractivity contribution in [3.8, 4) is 17.2 Å². The Hall–Kier alpha value is -8.44. The van der Waals surface area contributed by atoms with Crippen molar-refractivity contribution in [2.24, 2.45) is 0 Å². The van der Waals surface area contributed by atoms with E-state index in [9.17, 15) is 0 Å². The van der Waals surface area contributed by atoms with Crippen LogP contribution in [0.4, 0.5) is 17.1 Å².